The second-order valence-electron chi connectivity index (χ2n) is 12.9. The van der Waals surface area contributed by atoms with Gasteiger partial charge in [0.05, 0.1) is 0 Å². The van der Waals surface area contributed by atoms with Crippen LogP contribution < -0.4 is 10.6 Å². The van der Waals surface area contributed by atoms with E-state index < -0.39 is 0 Å². The predicted molar refractivity (Wildman–Crippen MR) is 198 cm³/mol. The van der Waals surface area contributed by atoms with E-state index >= 15 is 0 Å². The third kappa shape index (κ3) is 14.4. The lowest BCUT2D eigenvalue weighted by atomic mass is 9.98. The van der Waals surface area contributed by atoms with Gasteiger partial charge in [-0.25, -0.2) is 0 Å². The van der Waals surface area contributed by atoms with Crippen LogP contribution in [0.5, 0.6) is 0 Å². The molecule has 0 radical (unpaired) electrons. The summed E-state index contributed by atoms with van der Waals surface area (Å²) in [4.78, 5) is 0. The molecule has 242 valence electrons. The number of rotatable bonds is 26. The fourth-order valence-corrected chi connectivity index (χ4v) is 6.28. The van der Waals surface area contributed by atoms with Crippen molar-refractivity contribution in [1.29, 1.82) is 0 Å². The third-order valence-corrected chi connectivity index (χ3v) is 9.05. The molecule has 44 heavy (non-hydrogen) atoms. The van der Waals surface area contributed by atoms with Crippen LogP contribution in [0.4, 0.5) is 11.4 Å². The van der Waals surface area contributed by atoms with Gasteiger partial charge in [0.15, 0.2) is 0 Å². The molecule has 0 aliphatic carbocycles. The van der Waals surface area contributed by atoms with Crippen LogP contribution in [0.2, 0.25) is 0 Å². The largest absolute Gasteiger partial charge is 0.385 e. The van der Waals surface area contributed by atoms with Crippen molar-refractivity contribution in [3.63, 3.8) is 0 Å². The first-order valence-corrected chi connectivity index (χ1v) is 18.6. The molecule has 0 aliphatic rings. The highest BCUT2D eigenvalue weighted by Crippen LogP contribution is 2.33. The summed E-state index contributed by atoms with van der Waals surface area (Å²) < 4.78 is 0. The van der Waals surface area contributed by atoms with Gasteiger partial charge < -0.3 is 10.6 Å². The SMILES string of the molecule is CCCCCCCCCCCCNc1ccccc1-c1ccc(-c2ccccc2NCCCCCCCCCCCC)cc1. The minimum atomic E-state index is 1.05. The van der Waals surface area contributed by atoms with Crippen molar-refractivity contribution in [2.24, 2.45) is 0 Å². The molecule has 0 spiro atoms. The standard InChI is InChI=1S/C42H64N2/c1-3-5-7-9-11-13-15-17-19-25-35-43-41-29-23-21-27-39(41)37-31-33-38(34-32-37)40-28-22-24-30-42(40)44-36-26-20-18-16-14-12-10-8-6-4-2/h21-24,27-34,43-44H,3-20,25-26,35-36H2,1-2H3. The molecular weight excluding hydrogens is 532 g/mol. The maximum Gasteiger partial charge on any atom is 0.0419 e. The van der Waals surface area contributed by atoms with Gasteiger partial charge in [0.25, 0.3) is 0 Å². The average Bonchev–Trinajstić information content (AvgIpc) is 3.06. The van der Waals surface area contributed by atoms with Crippen LogP contribution in [0, 0.1) is 0 Å². The van der Waals surface area contributed by atoms with Crippen molar-refractivity contribution >= 4 is 11.4 Å². The summed E-state index contributed by atoms with van der Waals surface area (Å²) in [5, 5.41) is 7.47. The molecule has 0 saturated heterocycles. The first-order valence-electron chi connectivity index (χ1n) is 18.6. The van der Waals surface area contributed by atoms with E-state index in [0.29, 0.717) is 0 Å². The van der Waals surface area contributed by atoms with Gasteiger partial charge >= 0.3 is 0 Å². The Balaban J connectivity index is 1.40. The maximum absolute atomic E-state index is 3.74. The zero-order valence-corrected chi connectivity index (χ0v) is 28.5. The number of benzene rings is 3. The van der Waals surface area contributed by atoms with Crippen LogP contribution in [0.25, 0.3) is 22.3 Å². The number of anilines is 2. The molecular formula is C42H64N2. The zero-order chi connectivity index (χ0) is 30.9. The van der Waals surface area contributed by atoms with E-state index in [1.165, 1.54) is 162 Å². The lowest BCUT2D eigenvalue weighted by Gasteiger charge is -2.15. The second kappa shape index (κ2) is 23.6. The first-order chi connectivity index (χ1) is 21.8. The minimum Gasteiger partial charge on any atom is -0.385 e. The Hall–Kier alpha value is -2.74. The summed E-state index contributed by atoms with van der Waals surface area (Å²) in [6.07, 6.45) is 27.5. The number of unbranched alkanes of at least 4 members (excludes halogenated alkanes) is 18. The maximum atomic E-state index is 3.74. The van der Waals surface area contributed by atoms with E-state index in [1.54, 1.807) is 0 Å². The molecule has 3 rings (SSSR count). The van der Waals surface area contributed by atoms with Gasteiger partial charge in [0, 0.05) is 35.6 Å². The molecule has 0 saturated carbocycles. The summed E-state index contributed by atoms with van der Waals surface area (Å²) in [5.41, 5.74) is 7.62. The molecule has 2 N–H and O–H groups in total. The van der Waals surface area contributed by atoms with E-state index in [4.69, 9.17) is 0 Å². The lowest BCUT2D eigenvalue weighted by Crippen LogP contribution is -2.03. The van der Waals surface area contributed by atoms with Crippen molar-refractivity contribution in [1.82, 2.24) is 0 Å². The highest BCUT2D eigenvalue weighted by Gasteiger charge is 2.08. The molecule has 3 aromatic rings. The molecule has 0 heterocycles. The highest BCUT2D eigenvalue weighted by molar-refractivity contribution is 5.82. The molecule has 0 unspecified atom stereocenters. The van der Waals surface area contributed by atoms with Crippen LogP contribution in [-0.4, -0.2) is 13.1 Å². The molecule has 0 fully saturated rings. The lowest BCUT2D eigenvalue weighted by molar-refractivity contribution is 0.560. The van der Waals surface area contributed by atoms with Gasteiger partial charge in [-0.1, -0.05) is 190 Å². The Morgan fingerprint density at radius 3 is 0.977 bits per heavy atom. The topological polar surface area (TPSA) is 24.1 Å². The molecule has 0 aromatic heterocycles. The van der Waals surface area contributed by atoms with Gasteiger partial charge in [0.2, 0.25) is 0 Å². The first kappa shape index (κ1) is 35.7. The van der Waals surface area contributed by atoms with Crippen molar-refractivity contribution in [3.05, 3.63) is 72.8 Å². The average molecular weight is 597 g/mol. The molecule has 0 bridgehead atoms. The van der Waals surface area contributed by atoms with Crippen molar-refractivity contribution < 1.29 is 0 Å². The second-order valence-corrected chi connectivity index (χ2v) is 12.9. The monoisotopic (exact) mass is 597 g/mol. The fourth-order valence-electron chi connectivity index (χ4n) is 6.28. The van der Waals surface area contributed by atoms with E-state index in [9.17, 15) is 0 Å². The Labute approximate surface area is 271 Å². The van der Waals surface area contributed by atoms with Crippen LogP contribution >= 0.6 is 0 Å². The molecule has 2 nitrogen and oxygen atoms in total. The Kier molecular flexibility index (Phi) is 19.2. The van der Waals surface area contributed by atoms with Crippen molar-refractivity contribution in [3.8, 4) is 22.3 Å². The van der Waals surface area contributed by atoms with Gasteiger partial charge in [-0.05, 0) is 36.1 Å². The van der Waals surface area contributed by atoms with Gasteiger partial charge in [-0.15, -0.1) is 0 Å². The van der Waals surface area contributed by atoms with E-state index in [-0.39, 0.29) is 0 Å². The molecule has 3 aromatic carbocycles. The fraction of sp³-hybridized carbons (Fsp3) is 0.571. The number of nitrogens with one attached hydrogen (secondary N) is 2. The van der Waals surface area contributed by atoms with Crippen LogP contribution in [0.3, 0.4) is 0 Å². The third-order valence-electron chi connectivity index (χ3n) is 9.05. The van der Waals surface area contributed by atoms with Crippen LogP contribution in [0.1, 0.15) is 142 Å². The van der Waals surface area contributed by atoms with E-state index in [2.05, 4.69) is 97.3 Å². The molecule has 0 aliphatic heterocycles. The van der Waals surface area contributed by atoms with E-state index in [0.717, 1.165) is 13.1 Å². The number of para-hydroxylation sites is 2. The number of hydrogen-bond donors (Lipinski definition) is 2. The van der Waals surface area contributed by atoms with Gasteiger partial charge in [-0.3, -0.25) is 0 Å². The van der Waals surface area contributed by atoms with Crippen molar-refractivity contribution in [2.75, 3.05) is 23.7 Å². The Bertz CT molecular complexity index is 1010. The van der Waals surface area contributed by atoms with Crippen LogP contribution in [0.15, 0.2) is 72.8 Å². The predicted octanol–water partition coefficient (Wildman–Crippen LogP) is 13.7. The van der Waals surface area contributed by atoms with Crippen molar-refractivity contribution in [2.45, 2.75) is 142 Å². The highest BCUT2D eigenvalue weighted by atomic mass is 14.9. The smallest absolute Gasteiger partial charge is 0.0419 e. The molecule has 2 heteroatoms. The summed E-state index contributed by atoms with van der Waals surface area (Å²) in [6, 6.07) is 26.7. The molecule has 0 atom stereocenters. The Morgan fingerprint density at radius 1 is 0.341 bits per heavy atom. The molecule has 0 amide bonds. The summed E-state index contributed by atoms with van der Waals surface area (Å²) >= 11 is 0. The van der Waals surface area contributed by atoms with Gasteiger partial charge in [0.1, 0.15) is 0 Å². The zero-order valence-electron chi connectivity index (χ0n) is 28.5. The normalized spacial score (nSPS) is 11.1. The Morgan fingerprint density at radius 2 is 0.636 bits per heavy atom. The van der Waals surface area contributed by atoms with Gasteiger partial charge in [-0.2, -0.15) is 0 Å². The summed E-state index contributed by atoms with van der Waals surface area (Å²) in [5.74, 6) is 0. The van der Waals surface area contributed by atoms with E-state index in [1.807, 2.05) is 0 Å². The number of hydrogen-bond acceptors (Lipinski definition) is 2. The quantitative estimate of drug-likeness (QED) is 0.0901. The summed E-state index contributed by atoms with van der Waals surface area (Å²) in [7, 11) is 0. The van der Waals surface area contributed by atoms with Crippen LogP contribution in [-0.2, 0) is 0 Å². The minimum absolute atomic E-state index is 1.05. The summed E-state index contributed by atoms with van der Waals surface area (Å²) in [6.45, 7) is 6.68.